The fraction of sp³-hybridized carbons (Fsp3) is 1.00. The van der Waals surface area contributed by atoms with Crippen LogP contribution in [0, 0.1) is 17.8 Å². The van der Waals surface area contributed by atoms with E-state index < -0.39 is 0 Å². The van der Waals surface area contributed by atoms with Crippen molar-refractivity contribution in [2.24, 2.45) is 17.8 Å². The minimum Gasteiger partial charge on any atom is -0.374 e. The van der Waals surface area contributed by atoms with Gasteiger partial charge in [-0.3, -0.25) is 0 Å². The molecule has 0 amide bonds. The molecule has 0 N–H and O–H groups in total. The Morgan fingerprint density at radius 2 is 1.80 bits per heavy atom. The van der Waals surface area contributed by atoms with Gasteiger partial charge in [-0.1, -0.05) is 20.8 Å². The molecule has 0 aromatic carbocycles. The highest BCUT2D eigenvalue weighted by Gasteiger charge is 2.47. The van der Waals surface area contributed by atoms with Crippen LogP contribution in [0.4, 0.5) is 0 Å². The Hall–Kier alpha value is -0.0400. The molecule has 0 aliphatic carbocycles. The molecule has 0 aromatic rings. The predicted molar refractivity (Wildman–Crippen MR) is 40.8 cm³/mol. The Bertz CT molecular complexity index is 142. The van der Waals surface area contributed by atoms with E-state index >= 15 is 0 Å². The average Bonchev–Trinajstić information content (AvgIpc) is 2.36. The quantitative estimate of drug-likeness (QED) is 0.500. The maximum absolute atomic E-state index is 5.81. The summed E-state index contributed by atoms with van der Waals surface area (Å²) in [7, 11) is 0. The zero-order chi connectivity index (χ0) is 7.30. The van der Waals surface area contributed by atoms with Gasteiger partial charge in [0.05, 0.1) is 12.2 Å². The lowest BCUT2D eigenvalue weighted by Crippen LogP contribution is -2.27. The van der Waals surface area contributed by atoms with E-state index in [0.717, 1.165) is 17.8 Å². The van der Waals surface area contributed by atoms with Crippen LogP contribution in [0.25, 0.3) is 0 Å². The fourth-order valence-electron chi connectivity index (χ4n) is 2.51. The molecule has 0 spiro atoms. The molecule has 2 bridgehead atoms. The average molecular weight is 140 g/mol. The molecule has 5 unspecified atom stereocenters. The third kappa shape index (κ3) is 0.672. The summed E-state index contributed by atoms with van der Waals surface area (Å²) in [4.78, 5) is 0. The zero-order valence-corrected chi connectivity index (χ0v) is 7.00. The van der Waals surface area contributed by atoms with Gasteiger partial charge < -0.3 is 4.74 Å². The van der Waals surface area contributed by atoms with Gasteiger partial charge in [-0.2, -0.15) is 0 Å². The van der Waals surface area contributed by atoms with Crippen molar-refractivity contribution < 1.29 is 4.74 Å². The Morgan fingerprint density at radius 3 is 2.20 bits per heavy atom. The molecule has 2 aliphatic rings. The molecule has 0 aromatic heterocycles. The molecule has 10 heavy (non-hydrogen) atoms. The predicted octanol–water partition coefficient (Wildman–Crippen LogP) is 2.07. The highest BCUT2D eigenvalue weighted by molar-refractivity contribution is 4.95. The third-order valence-electron chi connectivity index (χ3n) is 3.43. The Morgan fingerprint density at radius 1 is 1.10 bits per heavy atom. The maximum atomic E-state index is 5.81. The minimum absolute atomic E-state index is 0.583. The highest BCUT2D eigenvalue weighted by Crippen LogP contribution is 2.45. The molecule has 2 aliphatic heterocycles. The van der Waals surface area contributed by atoms with Crippen LogP contribution in [0.3, 0.4) is 0 Å². The molecule has 1 nitrogen and oxygen atoms in total. The monoisotopic (exact) mass is 140 g/mol. The van der Waals surface area contributed by atoms with Gasteiger partial charge in [0.2, 0.25) is 0 Å². The Kier molecular flexibility index (Phi) is 1.31. The van der Waals surface area contributed by atoms with Crippen molar-refractivity contribution in [3.8, 4) is 0 Å². The first-order valence-corrected chi connectivity index (χ1v) is 4.35. The standard InChI is InChI=1S/C9H16O/c1-5-4-8-6(2)7(3)9(5)10-8/h5-9H,4H2,1-3H3. The topological polar surface area (TPSA) is 9.23 Å². The minimum atomic E-state index is 0.583. The van der Waals surface area contributed by atoms with Crippen LogP contribution in [0.5, 0.6) is 0 Å². The second kappa shape index (κ2) is 1.97. The summed E-state index contributed by atoms with van der Waals surface area (Å²) in [5.74, 6) is 2.42. The van der Waals surface area contributed by atoms with Gasteiger partial charge >= 0.3 is 0 Å². The van der Waals surface area contributed by atoms with E-state index in [2.05, 4.69) is 20.8 Å². The summed E-state index contributed by atoms with van der Waals surface area (Å²) >= 11 is 0. The zero-order valence-electron chi connectivity index (χ0n) is 7.00. The van der Waals surface area contributed by atoms with Gasteiger partial charge in [0.25, 0.3) is 0 Å². The number of hydrogen-bond donors (Lipinski definition) is 0. The highest BCUT2D eigenvalue weighted by atomic mass is 16.5. The Labute approximate surface area is 62.8 Å². The van der Waals surface area contributed by atoms with Gasteiger partial charge in [0, 0.05) is 0 Å². The van der Waals surface area contributed by atoms with Crippen molar-refractivity contribution >= 4 is 0 Å². The Balaban J connectivity index is 2.16. The van der Waals surface area contributed by atoms with E-state index in [1.165, 1.54) is 6.42 Å². The first kappa shape index (κ1) is 6.66. The van der Waals surface area contributed by atoms with Gasteiger partial charge in [-0.25, -0.2) is 0 Å². The number of rotatable bonds is 0. The molecule has 5 atom stereocenters. The van der Waals surface area contributed by atoms with Gasteiger partial charge in [-0.05, 0) is 24.2 Å². The molecule has 2 rings (SSSR count). The van der Waals surface area contributed by atoms with E-state index in [0.29, 0.717) is 12.2 Å². The van der Waals surface area contributed by atoms with Crippen LogP contribution in [0.1, 0.15) is 27.2 Å². The summed E-state index contributed by atoms with van der Waals surface area (Å²) in [6.07, 6.45) is 2.48. The molecular formula is C9H16O. The number of fused-ring (bicyclic) bond motifs is 2. The molecule has 0 radical (unpaired) electrons. The first-order chi connectivity index (χ1) is 4.70. The molecule has 2 fully saturated rings. The lowest BCUT2D eigenvalue weighted by molar-refractivity contribution is 0.0794. The lowest BCUT2D eigenvalue weighted by Gasteiger charge is -2.25. The maximum Gasteiger partial charge on any atom is 0.0634 e. The molecule has 58 valence electrons. The molecule has 0 saturated carbocycles. The summed E-state index contributed by atoms with van der Waals surface area (Å²) in [5, 5.41) is 0. The lowest BCUT2D eigenvalue weighted by atomic mass is 9.77. The van der Waals surface area contributed by atoms with Crippen molar-refractivity contribution in [3.05, 3.63) is 0 Å². The largest absolute Gasteiger partial charge is 0.374 e. The summed E-state index contributed by atoms with van der Waals surface area (Å²) in [6.45, 7) is 6.96. The van der Waals surface area contributed by atoms with E-state index in [1.807, 2.05) is 0 Å². The van der Waals surface area contributed by atoms with E-state index in [-0.39, 0.29) is 0 Å². The molecule has 1 heteroatoms. The normalized spacial score (nSPS) is 59.7. The van der Waals surface area contributed by atoms with Gasteiger partial charge in [-0.15, -0.1) is 0 Å². The van der Waals surface area contributed by atoms with E-state index in [4.69, 9.17) is 4.74 Å². The molecule has 2 saturated heterocycles. The van der Waals surface area contributed by atoms with Gasteiger partial charge in [0.1, 0.15) is 0 Å². The first-order valence-electron chi connectivity index (χ1n) is 4.35. The van der Waals surface area contributed by atoms with E-state index in [1.54, 1.807) is 0 Å². The van der Waals surface area contributed by atoms with Crippen LogP contribution in [0.15, 0.2) is 0 Å². The smallest absolute Gasteiger partial charge is 0.0634 e. The summed E-state index contributed by atoms with van der Waals surface area (Å²) in [5.41, 5.74) is 0. The summed E-state index contributed by atoms with van der Waals surface area (Å²) in [6, 6.07) is 0. The van der Waals surface area contributed by atoms with Crippen molar-refractivity contribution in [1.82, 2.24) is 0 Å². The molecular weight excluding hydrogens is 124 g/mol. The van der Waals surface area contributed by atoms with Crippen molar-refractivity contribution in [2.45, 2.75) is 39.4 Å². The van der Waals surface area contributed by atoms with Crippen LogP contribution in [-0.4, -0.2) is 12.2 Å². The number of hydrogen-bond acceptors (Lipinski definition) is 1. The number of ether oxygens (including phenoxy) is 1. The van der Waals surface area contributed by atoms with Crippen molar-refractivity contribution in [3.63, 3.8) is 0 Å². The van der Waals surface area contributed by atoms with Crippen molar-refractivity contribution in [1.29, 1.82) is 0 Å². The molecule has 2 heterocycles. The van der Waals surface area contributed by atoms with E-state index in [9.17, 15) is 0 Å². The van der Waals surface area contributed by atoms with Crippen LogP contribution in [0.2, 0.25) is 0 Å². The second-order valence-electron chi connectivity index (χ2n) is 4.07. The van der Waals surface area contributed by atoms with Gasteiger partial charge in [0.15, 0.2) is 0 Å². The fourth-order valence-corrected chi connectivity index (χ4v) is 2.51. The van der Waals surface area contributed by atoms with Crippen LogP contribution < -0.4 is 0 Å². The second-order valence-corrected chi connectivity index (χ2v) is 4.07. The van der Waals surface area contributed by atoms with Crippen LogP contribution >= 0.6 is 0 Å². The van der Waals surface area contributed by atoms with Crippen molar-refractivity contribution in [2.75, 3.05) is 0 Å². The van der Waals surface area contributed by atoms with Crippen LogP contribution in [-0.2, 0) is 4.74 Å². The third-order valence-corrected chi connectivity index (χ3v) is 3.43. The summed E-state index contributed by atoms with van der Waals surface area (Å²) < 4.78 is 5.81. The SMILES string of the molecule is CC1CC2OC1C(C)C2C.